The number of benzene rings is 1. The fraction of sp³-hybridized carbons (Fsp3) is 0.333. The molecule has 0 radical (unpaired) electrons. The van der Waals surface area contributed by atoms with Crippen LogP contribution < -0.4 is 5.73 Å². The molecule has 156 valence electrons. The Morgan fingerprint density at radius 3 is 2.47 bits per heavy atom. The van der Waals surface area contributed by atoms with Crippen molar-refractivity contribution in [2.75, 3.05) is 5.33 Å². The number of ketones is 3. The normalized spacial score (nSPS) is 25.6. The lowest BCUT2D eigenvalue weighted by molar-refractivity contribution is -0.127. The smallest absolute Gasteiger partial charge is 0.255 e. The maximum Gasteiger partial charge on any atom is 0.255 e. The van der Waals surface area contributed by atoms with E-state index in [1.807, 2.05) is 0 Å². The van der Waals surface area contributed by atoms with Crippen molar-refractivity contribution in [3.63, 3.8) is 0 Å². The lowest BCUT2D eigenvalue weighted by atomic mass is 9.61. The average molecular weight is 476 g/mol. The number of allylic oxidation sites excluding steroid dienone is 2. The Morgan fingerprint density at radius 1 is 1.13 bits per heavy atom. The maximum atomic E-state index is 13.3. The molecule has 1 saturated carbocycles. The minimum absolute atomic E-state index is 0.0188. The predicted octanol–water partition coefficient (Wildman–Crippen LogP) is 1.89. The highest BCUT2D eigenvalue weighted by Crippen LogP contribution is 2.50. The van der Waals surface area contributed by atoms with Gasteiger partial charge in [-0.2, -0.15) is 0 Å². The van der Waals surface area contributed by atoms with Gasteiger partial charge in [-0.15, -0.1) is 0 Å². The number of phenolic OH excluding ortho intramolecular Hbond substituents is 1. The van der Waals surface area contributed by atoms with Gasteiger partial charge in [0.2, 0.25) is 0 Å². The summed E-state index contributed by atoms with van der Waals surface area (Å²) in [7, 11) is 0. The summed E-state index contributed by atoms with van der Waals surface area (Å²) in [6.45, 7) is 0. The molecule has 0 saturated heterocycles. The maximum absolute atomic E-state index is 13.3. The number of hydrogen-bond acceptors (Lipinski definition) is 7. The van der Waals surface area contributed by atoms with E-state index in [2.05, 4.69) is 15.9 Å². The van der Waals surface area contributed by atoms with Gasteiger partial charge in [-0.05, 0) is 42.4 Å². The van der Waals surface area contributed by atoms with E-state index in [1.54, 1.807) is 0 Å². The minimum Gasteiger partial charge on any atom is -0.511 e. The molecule has 2 unspecified atom stereocenters. The van der Waals surface area contributed by atoms with Crippen LogP contribution in [0.25, 0.3) is 5.76 Å². The zero-order chi connectivity index (χ0) is 21.9. The van der Waals surface area contributed by atoms with Gasteiger partial charge in [0.25, 0.3) is 5.91 Å². The van der Waals surface area contributed by atoms with E-state index in [9.17, 15) is 34.5 Å². The van der Waals surface area contributed by atoms with Crippen LogP contribution in [0.4, 0.5) is 0 Å². The Bertz CT molecular complexity index is 1100. The Morgan fingerprint density at radius 2 is 1.83 bits per heavy atom. The van der Waals surface area contributed by atoms with E-state index < -0.39 is 52.3 Å². The molecular formula is C21H18BrNO7. The monoisotopic (exact) mass is 475 g/mol. The van der Waals surface area contributed by atoms with Crippen molar-refractivity contribution in [3.8, 4) is 5.75 Å². The van der Waals surface area contributed by atoms with Crippen LogP contribution in [0.2, 0.25) is 0 Å². The summed E-state index contributed by atoms with van der Waals surface area (Å²) < 4.78 is 0. The van der Waals surface area contributed by atoms with Gasteiger partial charge >= 0.3 is 0 Å². The number of nitrogens with two attached hydrogens (primary N) is 1. The molecule has 0 bridgehead atoms. The summed E-state index contributed by atoms with van der Waals surface area (Å²) in [5, 5.41) is 31.8. The Kier molecular flexibility index (Phi) is 4.80. The molecule has 5 N–H and O–H groups in total. The van der Waals surface area contributed by atoms with E-state index in [1.165, 1.54) is 12.1 Å². The molecule has 30 heavy (non-hydrogen) atoms. The van der Waals surface area contributed by atoms with Crippen LogP contribution in [-0.2, 0) is 20.8 Å². The number of hydrogen-bond donors (Lipinski definition) is 4. The predicted molar refractivity (Wildman–Crippen MR) is 108 cm³/mol. The number of aromatic hydroxyl groups is 1. The fourth-order valence-electron chi connectivity index (χ4n) is 4.97. The van der Waals surface area contributed by atoms with Gasteiger partial charge in [0, 0.05) is 17.6 Å². The van der Waals surface area contributed by atoms with Crippen molar-refractivity contribution in [1.82, 2.24) is 0 Å². The van der Waals surface area contributed by atoms with Crippen LogP contribution in [0, 0.1) is 17.8 Å². The van der Waals surface area contributed by atoms with Crippen LogP contribution in [0.5, 0.6) is 5.75 Å². The Hall–Kier alpha value is -2.94. The zero-order valence-electron chi connectivity index (χ0n) is 15.6. The van der Waals surface area contributed by atoms with Crippen LogP contribution in [0.15, 0.2) is 29.0 Å². The van der Waals surface area contributed by atoms with Gasteiger partial charge in [0.05, 0.1) is 16.8 Å². The van der Waals surface area contributed by atoms with Crippen molar-refractivity contribution in [3.05, 3.63) is 45.7 Å². The lowest BCUT2D eigenvalue weighted by Gasteiger charge is -2.41. The first-order valence-corrected chi connectivity index (χ1v) is 10.5. The lowest BCUT2D eigenvalue weighted by Crippen LogP contribution is -2.44. The summed E-state index contributed by atoms with van der Waals surface area (Å²) in [5.74, 6) is -6.15. The summed E-state index contributed by atoms with van der Waals surface area (Å²) in [5.41, 5.74) is 5.43. The highest BCUT2D eigenvalue weighted by atomic mass is 79.9. The number of fused-ring (bicyclic) bond motifs is 3. The third kappa shape index (κ3) is 2.79. The SMILES string of the molecule is NC(=O)C1=C(O)C2C(=O)C3=C(O)c4c(O)ccc(C(=O)CBr)c4C[C@H]3CC2CC1=O. The second kappa shape index (κ2) is 7.09. The largest absolute Gasteiger partial charge is 0.511 e. The number of primary amides is 1. The van der Waals surface area contributed by atoms with E-state index in [0.717, 1.165) is 0 Å². The average Bonchev–Trinajstić information content (AvgIpc) is 2.66. The molecule has 4 rings (SSSR count). The molecule has 1 aromatic rings. The number of halogens is 1. The second-order valence-electron chi connectivity index (χ2n) is 7.80. The minimum atomic E-state index is -1.16. The van der Waals surface area contributed by atoms with Crippen molar-refractivity contribution in [2.24, 2.45) is 23.5 Å². The van der Waals surface area contributed by atoms with Crippen LogP contribution in [-0.4, -0.2) is 43.9 Å². The Balaban J connectivity index is 1.89. The summed E-state index contributed by atoms with van der Waals surface area (Å²) in [4.78, 5) is 49.4. The second-order valence-corrected chi connectivity index (χ2v) is 8.36. The third-order valence-corrected chi connectivity index (χ3v) is 6.70. The molecule has 1 aromatic carbocycles. The molecule has 3 aliphatic rings. The topological polar surface area (TPSA) is 155 Å². The van der Waals surface area contributed by atoms with Gasteiger partial charge in [-0.1, -0.05) is 15.9 Å². The zero-order valence-corrected chi connectivity index (χ0v) is 17.2. The summed E-state index contributed by atoms with van der Waals surface area (Å²) >= 11 is 3.12. The molecule has 0 aromatic heterocycles. The van der Waals surface area contributed by atoms with Gasteiger partial charge in [-0.25, -0.2) is 0 Å². The van der Waals surface area contributed by atoms with Crippen molar-refractivity contribution in [1.29, 1.82) is 0 Å². The first kappa shape index (κ1) is 20.3. The molecule has 3 aliphatic carbocycles. The van der Waals surface area contributed by atoms with Crippen LogP contribution in [0.3, 0.4) is 0 Å². The molecule has 1 fully saturated rings. The molecule has 3 atom stereocenters. The molecule has 1 amide bonds. The molecule has 0 heterocycles. The summed E-state index contributed by atoms with van der Waals surface area (Å²) in [6.07, 6.45) is 0.381. The van der Waals surface area contributed by atoms with Gasteiger partial charge in [0.15, 0.2) is 17.3 Å². The highest BCUT2D eigenvalue weighted by molar-refractivity contribution is 9.09. The van der Waals surface area contributed by atoms with Gasteiger partial charge in [-0.3, -0.25) is 19.2 Å². The number of aliphatic hydroxyl groups is 2. The van der Waals surface area contributed by atoms with Crippen molar-refractivity contribution < 1.29 is 34.5 Å². The molecule has 0 aliphatic heterocycles. The van der Waals surface area contributed by atoms with Crippen molar-refractivity contribution >= 4 is 44.9 Å². The molecular weight excluding hydrogens is 458 g/mol. The Labute approximate surface area is 179 Å². The highest BCUT2D eigenvalue weighted by Gasteiger charge is 2.51. The van der Waals surface area contributed by atoms with Gasteiger partial charge in [0.1, 0.15) is 22.8 Å². The fourth-order valence-corrected chi connectivity index (χ4v) is 5.28. The van der Waals surface area contributed by atoms with Gasteiger partial charge < -0.3 is 21.1 Å². The van der Waals surface area contributed by atoms with Crippen molar-refractivity contribution in [2.45, 2.75) is 19.3 Å². The van der Waals surface area contributed by atoms with Crippen LogP contribution >= 0.6 is 15.9 Å². The van der Waals surface area contributed by atoms with E-state index in [-0.39, 0.29) is 47.3 Å². The number of rotatable bonds is 3. The third-order valence-electron chi connectivity index (χ3n) is 6.19. The first-order chi connectivity index (χ1) is 14.2. The van der Waals surface area contributed by atoms with E-state index in [0.29, 0.717) is 11.1 Å². The van der Waals surface area contributed by atoms with E-state index >= 15 is 0 Å². The quantitative estimate of drug-likeness (QED) is 0.295. The first-order valence-electron chi connectivity index (χ1n) is 9.35. The number of Topliss-reactive ketones (excluding diaryl/α,β-unsaturated/α-hetero) is 3. The summed E-state index contributed by atoms with van der Waals surface area (Å²) in [6, 6.07) is 2.76. The number of carbonyl (C=O) groups excluding carboxylic acids is 4. The van der Waals surface area contributed by atoms with E-state index in [4.69, 9.17) is 5.73 Å². The molecule has 9 heteroatoms. The number of aliphatic hydroxyl groups excluding tert-OH is 2. The number of phenols is 1. The molecule has 8 nitrogen and oxygen atoms in total. The standard InChI is InChI=1S/C21H18BrNO7/c22-6-13(26)9-1-2-11(24)16-10(9)4-7-3-8-5-12(25)17(21(23)30)20(29)15(8)18(27)14(7)19(16)28/h1-2,7-8,15,24,28-29H,3-6H2,(H2,23,30)/t7-,8?,15?/m1/s1. The molecule has 0 spiro atoms. The van der Waals surface area contributed by atoms with Crippen LogP contribution in [0.1, 0.15) is 34.3 Å². The number of alkyl halides is 1. The number of carbonyl (C=O) groups is 4. The number of amides is 1.